The van der Waals surface area contributed by atoms with Gasteiger partial charge in [0.25, 0.3) is 0 Å². The zero-order valence-corrected chi connectivity index (χ0v) is 20.0. The molecule has 6 rings (SSSR count). The van der Waals surface area contributed by atoms with E-state index in [1.54, 1.807) is 31.4 Å². The fourth-order valence-corrected chi connectivity index (χ4v) is 4.94. The van der Waals surface area contributed by atoms with Crippen molar-refractivity contribution in [2.24, 2.45) is 12.0 Å². The van der Waals surface area contributed by atoms with Gasteiger partial charge in [0, 0.05) is 49.1 Å². The van der Waals surface area contributed by atoms with E-state index in [2.05, 4.69) is 14.9 Å². The van der Waals surface area contributed by atoms with Gasteiger partial charge in [0.05, 0.1) is 17.2 Å². The van der Waals surface area contributed by atoms with Crippen molar-refractivity contribution in [1.29, 1.82) is 0 Å². The molecule has 0 amide bonds. The normalized spacial score (nSPS) is 17.0. The second-order valence-electron chi connectivity index (χ2n) is 9.21. The Kier molecular flexibility index (Phi) is 4.96. The maximum Gasteiger partial charge on any atom is 0.310 e. The Morgan fingerprint density at radius 1 is 1.19 bits per heavy atom. The van der Waals surface area contributed by atoms with E-state index in [4.69, 9.17) is 14.7 Å². The maximum atomic E-state index is 14.2. The SMILES string of the molecule is Cc1nc2n3c(c(-c4ccc(=O)n(C)c4)cc-2c(=N[C@H](C)c2cccc4c2OCC4(F)F)n1)NCC3. The number of nitrogens with one attached hydrogen (secondary N) is 1. The van der Waals surface area contributed by atoms with E-state index in [1.165, 1.54) is 16.7 Å². The van der Waals surface area contributed by atoms with Crippen LogP contribution in [0.5, 0.6) is 5.75 Å². The average Bonchev–Trinajstić information content (AvgIpc) is 3.45. The molecule has 0 aliphatic carbocycles. The molecule has 1 aromatic heterocycles. The molecule has 0 saturated carbocycles. The fourth-order valence-electron chi connectivity index (χ4n) is 4.94. The number of halogens is 2. The molecule has 0 spiro atoms. The largest absolute Gasteiger partial charge is 0.486 e. The first kappa shape index (κ1) is 22.4. The third-order valence-corrected chi connectivity index (χ3v) is 6.71. The van der Waals surface area contributed by atoms with Crippen LogP contribution < -0.4 is 21.1 Å². The van der Waals surface area contributed by atoms with Gasteiger partial charge in [0.1, 0.15) is 23.2 Å². The van der Waals surface area contributed by atoms with Crippen LogP contribution in [0.2, 0.25) is 0 Å². The number of rotatable bonds is 3. The Morgan fingerprint density at radius 3 is 2.83 bits per heavy atom. The van der Waals surface area contributed by atoms with Crippen LogP contribution in [0.25, 0.3) is 22.5 Å². The Morgan fingerprint density at radius 2 is 2.03 bits per heavy atom. The number of ether oxygens (including phenoxy) is 1. The Bertz CT molecular complexity index is 1620. The predicted molar refractivity (Wildman–Crippen MR) is 130 cm³/mol. The van der Waals surface area contributed by atoms with Gasteiger partial charge in [0.2, 0.25) is 5.56 Å². The van der Waals surface area contributed by atoms with Crippen molar-refractivity contribution in [2.45, 2.75) is 32.4 Å². The molecule has 1 aromatic carbocycles. The summed E-state index contributed by atoms with van der Waals surface area (Å²) in [5.74, 6) is -0.610. The molecular weight excluding hydrogens is 466 g/mol. The number of alkyl halides is 2. The summed E-state index contributed by atoms with van der Waals surface area (Å²) in [4.78, 5) is 26.2. The summed E-state index contributed by atoms with van der Waals surface area (Å²) in [5.41, 5.74) is 3.36. The second kappa shape index (κ2) is 7.97. The summed E-state index contributed by atoms with van der Waals surface area (Å²) < 4.78 is 37.5. The molecule has 4 aliphatic heterocycles. The van der Waals surface area contributed by atoms with E-state index in [1.807, 2.05) is 19.9 Å². The van der Waals surface area contributed by atoms with Crippen molar-refractivity contribution in [3.8, 4) is 28.3 Å². The van der Waals surface area contributed by atoms with Gasteiger partial charge in [-0.2, -0.15) is 8.78 Å². The molecule has 0 fully saturated rings. The van der Waals surface area contributed by atoms with E-state index in [-0.39, 0.29) is 16.9 Å². The molecule has 1 atom stereocenters. The third-order valence-electron chi connectivity index (χ3n) is 6.71. The highest BCUT2D eigenvalue weighted by atomic mass is 19.3. The van der Waals surface area contributed by atoms with Gasteiger partial charge in [0.15, 0.2) is 12.1 Å². The summed E-state index contributed by atoms with van der Waals surface area (Å²) >= 11 is 0. The summed E-state index contributed by atoms with van der Waals surface area (Å²) in [6.45, 7) is 4.44. The number of anilines is 1. The lowest BCUT2D eigenvalue weighted by molar-refractivity contribution is -0.0214. The maximum absolute atomic E-state index is 14.2. The first-order valence-electron chi connectivity index (χ1n) is 11.7. The van der Waals surface area contributed by atoms with Crippen LogP contribution in [-0.2, 0) is 19.5 Å². The fraction of sp³-hybridized carbons (Fsp3) is 0.308. The molecule has 8 nitrogen and oxygen atoms in total. The van der Waals surface area contributed by atoms with Crippen LogP contribution >= 0.6 is 0 Å². The predicted octanol–water partition coefficient (Wildman–Crippen LogP) is 3.63. The van der Waals surface area contributed by atoms with Gasteiger partial charge >= 0.3 is 5.92 Å². The second-order valence-corrected chi connectivity index (χ2v) is 9.21. The number of aromatic nitrogens is 4. The first-order chi connectivity index (χ1) is 17.2. The van der Waals surface area contributed by atoms with E-state index in [0.29, 0.717) is 23.4 Å². The molecular formula is C26H24F2N6O2. The molecule has 184 valence electrons. The van der Waals surface area contributed by atoms with Crippen molar-refractivity contribution >= 4 is 5.82 Å². The van der Waals surface area contributed by atoms with Gasteiger partial charge in [-0.1, -0.05) is 12.1 Å². The standard InChI is InChI=1S/C26H24F2N6O2/c1-14(17-5-4-6-20-22(17)36-13-26(20,27)28)30-23-19-11-18(16-7-8-21(35)33(3)12-16)24-29-9-10-34(24)25(19)32-15(2)31-23/h4-8,11-12,14,29H,9-10,13H2,1-3H3/t14-/m1/s1. The number of aryl methyl sites for hydroxylation is 2. The topological polar surface area (TPSA) is 86.3 Å². The van der Waals surface area contributed by atoms with Crippen LogP contribution in [0.4, 0.5) is 14.6 Å². The smallest absolute Gasteiger partial charge is 0.310 e. The highest BCUT2D eigenvalue weighted by Gasteiger charge is 2.42. The minimum atomic E-state index is -3.02. The molecule has 4 aliphatic rings. The van der Waals surface area contributed by atoms with Crippen molar-refractivity contribution in [2.75, 3.05) is 18.5 Å². The van der Waals surface area contributed by atoms with Crippen LogP contribution in [0.1, 0.15) is 29.9 Å². The number of hydrogen-bond acceptors (Lipinski definition) is 6. The minimum absolute atomic E-state index is 0.0940. The molecule has 0 radical (unpaired) electrons. The van der Waals surface area contributed by atoms with Crippen LogP contribution in [0.3, 0.4) is 0 Å². The third kappa shape index (κ3) is 3.47. The number of pyridine rings is 2. The highest BCUT2D eigenvalue weighted by Crippen LogP contribution is 2.45. The van der Waals surface area contributed by atoms with E-state index in [0.717, 1.165) is 34.9 Å². The first-order valence-corrected chi connectivity index (χ1v) is 11.7. The summed E-state index contributed by atoms with van der Waals surface area (Å²) in [6, 6.07) is 9.60. The zero-order chi connectivity index (χ0) is 25.2. The Labute approximate surface area is 205 Å². The number of hydrogen-bond donors (Lipinski definition) is 1. The van der Waals surface area contributed by atoms with Crippen molar-refractivity contribution in [1.82, 2.24) is 19.1 Å². The van der Waals surface area contributed by atoms with Gasteiger partial charge < -0.3 is 19.2 Å². The molecule has 0 bridgehead atoms. The van der Waals surface area contributed by atoms with Gasteiger partial charge in [-0.25, -0.2) is 9.97 Å². The van der Waals surface area contributed by atoms with Crippen LogP contribution in [0, 0.1) is 6.92 Å². The molecule has 2 aromatic rings. The number of nitrogens with zero attached hydrogens (tertiary/aromatic N) is 5. The van der Waals surface area contributed by atoms with E-state index in [9.17, 15) is 13.6 Å². The molecule has 0 unspecified atom stereocenters. The zero-order valence-electron chi connectivity index (χ0n) is 20.0. The van der Waals surface area contributed by atoms with E-state index < -0.39 is 18.6 Å². The monoisotopic (exact) mass is 490 g/mol. The number of benzene rings is 1. The quantitative estimate of drug-likeness (QED) is 0.474. The lowest BCUT2D eigenvalue weighted by Crippen LogP contribution is -2.21. The van der Waals surface area contributed by atoms with Crippen molar-refractivity contribution in [3.63, 3.8) is 0 Å². The van der Waals surface area contributed by atoms with Gasteiger partial charge in [-0.05, 0) is 32.0 Å². The number of para-hydroxylation sites is 1. The van der Waals surface area contributed by atoms with Crippen molar-refractivity contribution < 1.29 is 13.5 Å². The minimum Gasteiger partial charge on any atom is -0.486 e. The average molecular weight is 491 g/mol. The summed E-state index contributed by atoms with van der Waals surface area (Å²) in [7, 11) is 1.71. The van der Waals surface area contributed by atoms with Gasteiger partial charge in [-0.15, -0.1) is 0 Å². The Hall–Kier alpha value is -4.08. The summed E-state index contributed by atoms with van der Waals surface area (Å²) in [6.07, 6.45) is 1.80. The van der Waals surface area contributed by atoms with Crippen LogP contribution in [-0.4, -0.2) is 32.3 Å². The molecule has 10 heteroatoms. The lowest BCUT2D eigenvalue weighted by Gasteiger charge is -2.19. The van der Waals surface area contributed by atoms with Crippen LogP contribution in [0.15, 0.2) is 52.4 Å². The summed E-state index contributed by atoms with van der Waals surface area (Å²) in [5, 5.41) is 3.43. The molecule has 0 saturated heterocycles. The molecule has 1 N–H and O–H groups in total. The molecule has 5 heterocycles. The highest BCUT2D eigenvalue weighted by molar-refractivity contribution is 5.82. The Balaban J connectivity index is 1.56. The number of fused-ring (bicyclic) bond motifs is 4. The van der Waals surface area contributed by atoms with Crippen molar-refractivity contribution in [3.05, 3.63) is 75.4 Å². The molecule has 36 heavy (non-hydrogen) atoms. The van der Waals surface area contributed by atoms with Gasteiger partial charge in [-0.3, -0.25) is 9.79 Å². The lowest BCUT2D eigenvalue weighted by atomic mass is 10.0. The van der Waals surface area contributed by atoms with E-state index >= 15 is 0 Å².